The predicted octanol–water partition coefficient (Wildman–Crippen LogP) is 3.54. The summed E-state index contributed by atoms with van der Waals surface area (Å²) < 4.78 is 0. The van der Waals surface area contributed by atoms with Crippen LogP contribution in [-0.2, 0) is 11.3 Å². The van der Waals surface area contributed by atoms with Crippen LogP contribution in [0.2, 0.25) is 0 Å². The molecule has 150 valence electrons. The lowest BCUT2D eigenvalue weighted by atomic mass is 9.94. The van der Waals surface area contributed by atoms with Crippen LogP contribution >= 0.6 is 0 Å². The zero-order chi connectivity index (χ0) is 20.2. The first-order valence-electron chi connectivity index (χ1n) is 10.1. The molecule has 2 N–H and O–H groups in total. The Morgan fingerprint density at radius 3 is 2.69 bits per heavy atom. The van der Waals surface area contributed by atoms with E-state index in [1.165, 1.54) is 0 Å². The summed E-state index contributed by atoms with van der Waals surface area (Å²) in [5, 5.41) is 11.3. The first-order chi connectivity index (χ1) is 14.2. The number of aromatic nitrogens is 3. The summed E-state index contributed by atoms with van der Waals surface area (Å²) in [7, 11) is 0. The van der Waals surface area contributed by atoms with Crippen LogP contribution in [0.5, 0.6) is 0 Å². The lowest BCUT2D eigenvalue weighted by molar-refractivity contribution is -0.120. The van der Waals surface area contributed by atoms with E-state index in [0.717, 1.165) is 29.5 Å². The molecule has 0 unspecified atom stereocenters. The lowest BCUT2D eigenvalue weighted by Crippen LogP contribution is -2.32. The molecule has 7 heteroatoms. The monoisotopic (exact) mass is 391 g/mol. The summed E-state index contributed by atoms with van der Waals surface area (Å²) >= 11 is 0. The zero-order valence-electron chi connectivity index (χ0n) is 16.5. The van der Waals surface area contributed by atoms with Crippen LogP contribution in [-0.4, -0.2) is 44.4 Å². The number of benzene rings is 1. The molecule has 4 rings (SSSR count). The molecule has 7 nitrogen and oxygen atoms in total. The summed E-state index contributed by atoms with van der Waals surface area (Å²) in [5.74, 6) is 0.240. The summed E-state index contributed by atoms with van der Waals surface area (Å²) in [5.41, 5.74) is 3.01. The Labute approximate surface area is 169 Å². The van der Waals surface area contributed by atoms with E-state index in [1.807, 2.05) is 42.2 Å². The molecule has 1 saturated carbocycles. The number of hydrogen-bond donors (Lipinski definition) is 2. The third-order valence-electron chi connectivity index (χ3n) is 5.49. The average Bonchev–Trinajstić information content (AvgIpc) is 3.23. The molecule has 1 aliphatic rings. The van der Waals surface area contributed by atoms with Crippen molar-refractivity contribution in [3.05, 3.63) is 53.9 Å². The number of nitrogens with one attached hydrogen (secondary N) is 2. The highest BCUT2D eigenvalue weighted by Crippen LogP contribution is 2.29. The number of Topliss-reactive ketones (excluding diaryl/α,β-unsaturated/α-hetero) is 1. The molecule has 1 aromatic carbocycles. The zero-order valence-corrected chi connectivity index (χ0v) is 16.5. The van der Waals surface area contributed by atoms with Gasteiger partial charge in [-0.2, -0.15) is 5.10 Å². The largest absolute Gasteiger partial charge is 0.381 e. The number of rotatable bonds is 6. The van der Waals surface area contributed by atoms with Gasteiger partial charge in [-0.25, -0.2) is 4.98 Å². The molecule has 0 radical (unpaired) electrons. The van der Waals surface area contributed by atoms with Gasteiger partial charge in [0.25, 0.3) is 5.91 Å². The molecule has 0 atom stereocenters. The molecule has 0 bridgehead atoms. The van der Waals surface area contributed by atoms with Gasteiger partial charge in [0.1, 0.15) is 5.78 Å². The second-order valence-corrected chi connectivity index (χ2v) is 7.44. The lowest BCUT2D eigenvalue weighted by Gasteiger charge is -2.26. The molecule has 3 aromatic rings. The number of hydrogen-bond acceptors (Lipinski definition) is 5. The Hall–Kier alpha value is -3.22. The minimum Gasteiger partial charge on any atom is -0.381 e. The highest BCUT2D eigenvalue weighted by molar-refractivity contribution is 6.06. The number of H-pyrrole nitrogens is 1. The number of nitrogens with zero attached hydrogens (tertiary/aromatic N) is 3. The van der Waals surface area contributed by atoms with E-state index in [4.69, 9.17) is 0 Å². The highest BCUT2D eigenvalue weighted by Gasteiger charge is 2.25. The molecule has 1 amide bonds. The minimum absolute atomic E-state index is 0.0682. The van der Waals surface area contributed by atoms with Crippen LogP contribution in [0, 0.1) is 0 Å². The van der Waals surface area contributed by atoms with Gasteiger partial charge in [0.2, 0.25) is 0 Å². The maximum atomic E-state index is 13.4. The van der Waals surface area contributed by atoms with Crippen molar-refractivity contribution >= 4 is 28.4 Å². The Morgan fingerprint density at radius 2 is 1.97 bits per heavy atom. The topological polar surface area (TPSA) is 91.0 Å². The molecule has 1 aliphatic carbocycles. The summed E-state index contributed by atoms with van der Waals surface area (Å²) in [6.45, 7) is 3.11. The molecule has 1 fully saturated rings. The number of amides is 1. The highest BCUT2D eigenvalue weighted by atomic mass is 16.2. The van der Waals surface area contributed by atoms with Crippen molar-refractivity contribution in [1.29, 1.82) is 0 Å². The maximum absolute atomic E-state index is 13.4. The number of anilines is 1. The summed E-state index contributed by atoms with van der Waals surface area (Å²) in [6.07, 6.45) is 6.02. The van der Waals surface area contributed by atoms with E-state index in [0.29, 0.717) is 42.9 Å². The van der Waals surface area contributed by atoms with Crippen molar-refractivity contribution in [2.24, 2.45) is 0 Å². The number of ketones is 1. The van der Waals surface area contributed by atoms with Gasteiger partial charge in [-0.15, -0.1) is 0 Å². The van der Waals surface area contributed by atoms with E-state index < -0.39 is 0 Å². The van der Waals surface area contributed by atoms with Crippen LogP contribution in [0.15, 0.2) is 42.7 Å². The van der Waals surface area contributed by atoms with Gasteiger partial charge in [-0.3, -0.25) is 14.7 Å². The number of fused-ring (bicyclic) bond motifs is 1. The number of carbonyl (C=O) groups is 2. The van der Waals surface area contributed by atoms with Crippen LogP contribution in [0.25, 0.3) is 11.0 Å². The predicted molar refractivity (Wildman–Crippen MR) is 112 cm³/mol. The molecule has 29 heavy (non-hydrogen) atoms. The number of aromatic amines is 1. The molecule has 2 aromatic heterocycles. The summed E-state index contributed by atoms with van der Waals surface area (Å²) in [6, 6.07) is 10.1. The van der Waals surface area contributed by atoms with Crippen molar-refractivity contribution in [2.75, 3.05) is 11.9 Å². The molecular weight excluding hydrogens is 366 g/mol. The van der Waals surface area contributed by atoms with Gasteiger partial charge in [-0.1, -0.05) is 30.3 Å². The van der Waals surface area contributed by atoms with E-state index in [-0.39, 0.29) is 11.9 Å². The average molecular weight is 391 g/mol. The Kier molecular flexibility index (Phi) is 5.55. The van der Waals surface area contributed by atoms with Crippen LogP contribution < -0.4 is 5.32 Å². The Balaban J connectivity index is 1.64. The van der Waals surface area contributed by atoms with Gasteiger partial charge in [0.15, 0.2) is 5.65 Å². The smallest absolute Gasteiger partial charge is 0.257 e. The van der Waals surface area contributed by atoms with E-state index in [2.05, 4.69) is 20.5 Å². The van der Waals surface area contributed by atoms with Crippen molar-refractivity contribution < 1.29 is 9.59 Å². The van der Waals surface area contributed by atoms with Gasteiger partial charge in [-0.05, 0) is 25.3 Å². The molecule has 2 heterocycles. The van der Waals surface area contributed by atoms with Crippen molar-refractivity contribution in [3.63, 3.8) is 0 Å². The second-order valence-electron chi connectivity index (χ2n) is 7.44. The van der Waals surface area contributed by atoms with Crippen LogP contribution in [0.3, 0.4) is 0 Å². The van der Waals surface area contributed by atoms with E-state index in [9.17, 15) is 9.59 Å². The van der Waals surface area contributed by atoms with Gasteiger partial charge >= 0.3 is 0 Å². The molecular formula is C22H25N5O2. The van der Waals surface area contributed by atoms with E-state index in [1.54, 1.807) is 12.4 Å². The first kappa shape index (κ1) is 19.1. The Morgan fingerprint density at radius 1 is 1.21 bits per heavy atom. The fourth-order valence-electron chi connectivity index (χ4n) is 3.81. The van der Waals surface area contributed by atoms with Crippen molar-refractivity contribution in [2.45, 2.75) is 45.2 Å². The summed E-state index contributed by atoms with van der Waals surface area (Å²) in [4.78, 5) is 31.2. The quantitative estimate of drug-likeness (QED) is 0.671. The fourth-order valence-corrected chi connectivity index (χ4v) is 3.81. The third kappa shape index (κ3) is 4.13. The minimum atomic E-state index is -0.0682. The Bertz CT molecular complexity index is 1000. The second kappa shape index (κ2) is 8.43. The fraction of sp³-hybridized carbons (Fsp3) is 0.364. The van der Waals surface area contributed by atoms with Crippen LogP contribution in [0.4, 0.5) is 5.69 Å². The van der Waals surface area contributed by atoms with Crippen LogP contribution in [0.1, 0.15) is 48.5 Å². The standard InChI is InChI=1S/C22H25N5O2/c1-2-27(14-15-6-4-3-5-7-15)22(29)19-12-23-21-18(13-24-26-21)20(19)25-16-8-10-17(28)11-9-16/h3-7,12-13,16H,2,8-11,14H2,1H3,(H2,23,24,25,26). The normalized spacial score (nSPS) is 14.9. The molecule has 0 saturated heterocycles. The van der Waals surface area contributed by atoms with Gasteiger partial charge in [0, 0.05) is 38.2 Å². The van der Waals surface area contributed by atoms with Gasteiger partial charge in [0.05, 0.1) is 22.8 Å². The molecule has 0 aliphatic heterocycles. The first-order valence-corrected chi connectivity index (χ1v) is 10.1. The number of pyridine rings is 1. The number of carbonyl (C=O) groups excluding carboxylic acids is 2. The molecule has 0 spiro atoms. The third-order valence-corrected chi connectivity index (χ3v) is 5.49. The van der Waals surface area contributed by atoms with Crippen molar-refractivity contribution in [3.8, 4) is 0 Å². The van der Waals surface area contributed by atoms with Crippen molar-refractivity contribution in [1.82, 2.24) is 20.1 Å². The van der Waals surface area contributed by atoms with E-state index >= 15 is 0 Å². The van der Waals surface area contributed by atoms with Gasteiger partial charge < -0.3 is 10.2 Å². The maximum Gasteiger partial charge on any atom is 0.257 e. The SMILES string of the molecule is CCN(Cc1ccccc1)C(=O)c1cnc2[nH]ncc2c1NC1CCC(=O)CC1.